The molecule has 0 amide bonds. The zero-order chi connectivity index (χ0) is 10.6. The number of aromatic hydroxyl groups is 1. The first kappa shape index (κ1) is 10.8. The highest BCUT2D eigenvalue weighted by molar-refractivity contribution is 5.55. The van der Waals surface area contributed by atoms with Crippen LogP contribution in [0, 0.1) is 13.8 Å². The van der Waals surface area contributed by atoms with Gasteiger partial charge in [0.25, 0.3) is 0 Å². The van der Waals surface area contributed by atoms with Gasteiger partial charge in [-0.3, -0.25) is 0 Å². The summed E-state index contributed by atoms with van der Waals surface area (Å²) in [5.41, 5.74) is 8.33. The lowest BCUT2D eigenvalue weighted by Gasteiger charge is -2.04. The van der Waals surface area contributed by atoms with Crippen molar-refractivity contribution in [1.82, 2.24) is 0 Å². The molecule has 0 aliphatic carbocycles. The second kappa shape index (κ2) is 4.82. The summed E-state index contributed by atoms with van der Waals surface area (Å²) < 4.78 is 0. The number of rotatable bonds is 3. The second-order valence-electron chi connectivity index (χ2n) is 3.48. The first-order valence-electron chi connectivity index (χ1n) is 4.82. The molecule has 3 N–H and O–H groups in total. The summed E-state index contributed by atoms with van der Waals surface area (Å²) in [6.45, 7) is 4.48. The van der Waals surface area contributed by atoms with Crippen LogP contribution in [0.5, 0.6) is 5.75 Å². The fourth-order valence-corrected chi connectivity index (χ4v) is 1.40. The van der Waals surface area contributed by atoms with Gasteiger partial charge in [-0.2, -0.15) is 0 Å². The summed E-state index contributed by atoms with van der Waals surface area (Å²) >= 11 is 0. The average Bonchev–Trinajstić information content (AvgIpc) is 2.14. The number of nitrogens with two attached hydrogens (primary N) is 1. The summed E-state index contributed by atoms with van der Waals surface area (Å²) in [5.74, 6) is 0.390. The minimum absolute atomic E-state index is 0.390. The maximum absolute atomic E-state index is 9.56. The van der Waals surface area contributed by atoms with E-state index in [2.05, 4.69) is 0 Å². The van der Waals surface area contributed by atoms with E-state index in [0.717, 1.165) is 23.1 Å². The topological polar surface area (TPSA) is 46.2 Å². The molecule has 2 heteroatoms. The maximum atomic E-state index is 9.56. The predicted molar refractivity (Wildman–Crippen MR) is 60.3 cm³/mol. The largest absolute Gasteiger partial charge is 0.507 e. The zero-order valence-corrected chi connectivity index (χ0v) is 8.75. The van der Waals surface area contributed by atoms with Gasteiger partial charge in [0.1, 0.15) is 5.75 Å². The summed E-state index contributed by atoms with van der Waals surface area (Å²) in [6.07, 6.45) is 4.97. The fraction of sp³-hybridized carbons (Fsp3) is 0.333. The van der Waals surface area contributed by atoms with Crippen molar-refractivity contribution in [2.24, 2.45) is 5.73 Å². The normalized spacial score (nSPS) is 11.1. The van der Waals surface area contributed by atoms with Crippen LogP contribution >= 0.6 is 0 Å². The smallest absolute Gasteiger partial charge is 0.121 e. The Balaban J connectivity index is 2.89. The second-order valence-corrected chi connectivity index (χ2v) is 3.48. The molecule has 0 saturated heterocycles. The van der Waals surface area contributed by atoms with E-state index in [4.69, 9.17) is 5.73 Å². The van der Waals surface area contributed by atoms with Crippen LogP contribution < -0.4 is 5.73 Å². The zero-order valence-electron chi connectivity index (χ0n) is 8.75. The van der Waals surface area contributed by atoms with Gasteiger partial charge in [-0.05, 0) is 55.6 Å². The van der Waals surface area contributed by atoms with Gasteiger partial charge in [0, 0.05) is 0 Å². The van der Waals surface area contributed by atoms with E-state index in [1.165, 1.54) is 0 Å². The van der Waals surface area contributed by atoms with Crippen LogP contribution in [0.1, 0.15) is 23.1 Å². The Morgan fingerprint density at radius 2 is 1.86 bits per heavy atom. The van der Waals surface area contributed by atoms with Crippen molar-refractivity contribution in [3.05, 3.63) is 34.9 Å². The quantitative estimate of drug-likeness (QED) is 0.770. The van der Waals surface area contributed by atoms with Crippen molar-refractivity contribution in [2.75, 3.05) is 6.54 Å². The molecule has 1 rings (SSSR count). The van der Waals surface area contributed by atoms with E-state index >= 15 is 0 Å². The lowest BCUT2D eigenvalue weighted by molar-refractivity contribution is 0.467. The average molecular weight is 191 g/mol. The molecule has 1 aromatic rings. The van der Waals surface area contributed by atoms with Crippen molar-refractivity contribution in [2.45, 2.75) is 20.3 Å². The Hall–Kier alpha value is -1.28. The number of phenols is 1. The molecular weight excluding hydrogens is 174 g/mol. The molecule has 0 heterocycles. The van der Waals surface area contributed by atoms with Gasteiger partial charge in [-0.25, -0.2) is 0 Å². The third-order valence-corrected chi connectivity index (χ3v) is 2.16. The van der Waals surface area contributed by atoms with E-state index in [9.17, 15) is 5.11 Å². The van der Waals surface area contributed by atoms with Crippen molar-refractivity contribution >= 4 is 6.08 Å². The number of aryl methyl sites for hydroxylation is 2. The van der Waals surface area contributed by atoms with Crippen LogP contribution in [0.2, 0.25) is 0 Å². The van der Waals surface area contributed by atoms with E-state index in [1.807, 2.05) is 38.1 Å². The Bertz CT molecular complexity index is 319. The molecule has 0 radical (unpaired) electrons. The molecule has 0 atom stereocenters. The van der Waals surface area contributed by atoms with Gasteiger partial charge in [-0.1, -0.05) is 12.2 Å². The molecular formula is C12H17NO. The van der Waals surface area contributed by atoms with E-state index in [-0.39, 0.29) is 0 Å². The SMILES string of the molecule is Cc1cc(C=CCCN)cc(C)c1O. The van der Waals surface area contributed by atoms with Gasteiger partial charge >= 0.3 is 0 Å². The van der Waals surface area contributed by atoms with Crippen LogP contribution in [0.3, 0.4) is 0 Å². The Morgan fingerprint density at radius 3 is 2.36 bits per heavy atom. The van der Waals surface area contributed by atoms with Crippen molar-refractivity contribution < 1.29 is 5.11 Å². The van der Waals surface area contributed by atoms with Gasteiger partial charge in [0.2, 0.25) is 0 Å². The number of hydrogen-bond acceptors (Lipinski definition) is 2. The number of benzene rings is 1. The van der Waals surface area contributed by atoms with Crippen LogP contribution in [-0.2, 0) is 0 Å². The molecule has 1 aromatic carbocycles. The highest BCUT2D eigenvalue weighted by Crippen LogP contribution is 2.23. The Labute approximate surface area is 85.1 Å². The molecule has 14 heavy (non-hydrogen) atoms. The van der Waals surface area contributed by atoms with Crippen LogP contribution in [-0.4, -0.2) is 11.7 Å². The van der Waals surface area contributed by atoms with Gasteiger partial charge in [-0.15, -0.1) is 0 Å². The van der Waals surface area contributed by atoms with E-state index in [1.54, 1.807) is 0 Å². The molecule has 0 bridgehead atoms. The lowest BCUT2D eigenvalue weighted by atomic mass is 10.1. The van der Waals surface area contributed by atoms with Crippen molar-refractivity contribution in [3.63, 3.8) is 0 Å². The highest BCUT2D eigenvalue weighted by atomic mass is 16.3. The third kappa shape index (κ3) is 2.60. The van der Waals surface area contributed by atoms with Crippen LogP contribution in [0.25, 0.3) is 6.08 Å². The first-order chi connectivity index (χ1) is 6.65. The number of hydrogen-bond donors (Lipinski definition) is 2. The summed E-state index contributed by atoms with van der Waals surface area (Å²) in [7, 11) is 0. The van der Waals surface area contributed by atoms with Crippen LogP contribution in [0.4, 0.5) is 0 Å². The van der Waals surface area contributed by atoms with E-state index < -0.39 is 0 Å². The molecule has 0 spiro atoms. The molecule has 0 unspecified atom stereocenters. The van der Waals surface area contributed by atoms with E-state index in [0.29, 0.717) is 12.3 Å². The fourth-order valence-electron chi connectivity index (χ4n) is 1.40. The van der Waals surface area contributed by atoms with Gasteiger partial charge in [0.15, 0.2) is 0 Å². The summed E-state index contributed by atoms with van der Waals surface area (Å²) in [4.78, 5) is 0. The van der Waals surface area contributed by atoms with Crippen LogP contribution in [0.15, 0.2) is 18.2 Å². The number of phenolic OH excluding ortho intramolecular Hbond substituents is 1. The highest BCUT2D eigenvalue weighted by Gasteiger charge is 2.00. The van der Waals surface area contributed by atoms with Gasteiger partial charge in [0.05, 0.1) is 0 Å². The van der Waals surface area contributed by atoms with Gasteiger partial charge < -0.3 is 10.8 Å². The minimum atomic E-state index is 0.390. The lowest BCUT2D eigenvalue weighted by Crippen LogP contribution is -1.95. The van der Waals surface area contributed by atoms with Crippen molar-refractivity contribution in [3.8, 4) is 5.75 Å². The summed E-state index contributed by atoms with van der Waals surface area (Å²) in [5, 5.41) is 9.56. The molecule has 0 aliphatic heterocycles. The predicted octanol–water partition coefficient (Wildman–Crippen LogP) is 2.37. The maximum Gasteiger partial charge on any atom is 0.121 e. The van der Waals surface area contributed by atoms with Crippen molar-refractivity contribution in [1.29, 1.82) is 0 Å². The molecule has 0 aromatic heterocycles. The molecule has 76 valence electrons. The molecule has 0 saturated carbocycles. The monoisotopic (exact) mass is 191 g/mol. The minimum Gasteiger partial charge on any atom is -0.507 e. The Kier molecular flexibility index (Phi) is 3.72. The first-order valence-corrected chi connectivity index (χ1v) is 4.82. The molecule has 2 nitrogen and oxygen atoms in total. The summed E-state index contributed by atoms with van der Waals surface area (Å²) in [6, 6.07) is 3.94. The standard InChI is InChI=1S/C12H17NO/c1-9-7-11(5-3-4-6-13)8-10(2)12(9)14/h3,5,7-8,14H,4,6,13H2,1-2H3. The molecule has 0 aliphatic rings. The Morgan fingerprint density at radius 1 is 1.29 bits per heavy atom. The molecule has 0 fully saturated rings. The third-order valence-electron chi connectivity index (χ3n) is 2.16.